The number of carbonyl (C=O) groups is 5. The van der Waals surface area contributed by atoms with Crippen LogP contribution in [0.3, 0.4) is 0 Å². The monoisotopic (exact) mass is 831 g/mol. The first kappa shape index (κ1) is 43.3. The van der Waals surface area contributed by atoms with Crippen molar-refractivity contribution in [3.63, 3.8) is 0 Å². The number of aromatic nitrogens is 4. The first-order valence-electron chi connectivity index (χ1n) is 17.9. The summed E-state index contributed by atoms with van der Waals surface area (Å²) in [6, 6.07) is 16.2. The minimum Gasteiger partial charge on any atom is -0.480 e. The van der Waals surface area contributed by atoms with E-state index in [1.54, 1.807) is 38.1 Å². The second-order valence-corrected chi connectivity index (χ2v) is 13.9. The molecule has 0 unspecified atom stereocenters. The van der Waals surface area contributed by atoms with E-state index in [0.29, 0.717) is 6.42 Å². The molecular weight excluding hydrogens is 793 g/mol. The first-order valence-corrected chi connectivity index (χ1v) is 19.4. The highest BCUT2D eigenvalue weighted by Crippen LogP contribution is 2.49. The number of benzene rings is 3. The number of hydrogen-bond acceptors (Lipinski definition) is 16. The summed E-state index contributed by atoms with van der Waals surface area (Å²) < 4.78 is 38.9. The van der Waals surface area contributed by atoms with Crippen LogP contribution in [0.5, 0.6) is 11.5 Å². The third kappa shape index (κ3) is 12.1. The zero-order valence-corrected chi connectivity index (χ0v) is 32.4. The average molecular weight is 832 g/mol. The molecule has 0 radical (unpaired) electrons. The molecule has 2 amide bonds. The maximum atomic E-state index is 13.1. The number of nitrogens with one attached hydrogen (secondary N) is 3. The van der Waals surface area contributed by atoms with Crippen LogP contribution in [-0.4, -0.2) is 80.6 Å². The molecule has 0 saturated heterocycles. The van der Waals surface area contributed by atoms with Crippen molar-refractivity contribution in [2.75, 3.05) is 30.9 Å². The van der Waals surface area contributed by atoms with E-state index >= 15 is 0 Å². The van der Waals surface area contributed by atoms with Gasteiger partial charge in [0, 0.05) is 17.7 Å². The molecule has 6 N–H and O–H groups in total. The van der Waals surface area contributed by atoms with E-state index in [9.17, 15) is 38.4 Å². The van der Waals surface area contributed by atoms with Gasteiger partial charge in [0.15, 0.2) is 11.2 Å². The minimum atomic E-state index is -3.65. The van der Waals surface area contributed by atoms with Gasteiger partial charge in [-0.2, -0.15) is 4.98 Å². The summed E-state index contributed by atoms with van der Waals surface area (Å²) in [5, 5.41) is 14.7. The Hall–Kier alpha value is -6.86. The average Bonchev–Trinajstić information content (AvgIpc) is 3.20. The summed E-state index contributed by atoms with van der Waals surface area (Å²) in [4.78, 5) is 89.7. The van der Waals surface area contributed by atoms with E-state index in [4.69, 9.17) is 28.8 Å². The number of amides is 2. The van der Waals surface area contributed by atoms with E-state index in [-0.39, 0.29) is 77.4 Å². The summed E-state index contributed by atoms with van der Waals surface area (Å²) in [5.74, 6) is -4.72. The van der Waals surface area contributed by atoms with Crippen LogP contribution < -0.4 is 31.4 Å². The molecule has 308 valence electrons. The highest BCUT2D eigenvalue weighted by atomic mass is 31.2. The fraction of sp³-hybridized carbons (Fsp3) is 0.237. The molecule has 20 nitrogen and oxygen atoms in total. The summed E-state index contributed by atoms with van der Waals surface area (Å²) >= 11 is 0. The number of phosphoric acid groups is 1. The van der Waals surface area contributed by atoms with Crippen molar-refractivity contribution >= 4 is 60.3 Å². The molecule has 0 bridgehead atoms. The molecule has 0 aliphatic heterocycles. The lowest BCUT2D eigenvalue weighted by Crippen LogP contribution is -2.41. The van der Waals surface area contributed by atoms with Crippen LogP contribution in [0.15, 0.2) is 83.8 Å². The molecule has 21 heteroatoms. The number of nitrogens with two attached hydrogens (primary N) is 1. The van der Waals surface area contributed by atoms with Gasteiger partial charge in [0.25, 0.3) is 11.8 Å². The molecule has 0 spiro atoms. The van der Waals surface area contributed by atoms with Crippen molar-refractivity contribution in [2.24, 2.45) is 0 Å². The Labute approximate surface area is 335 Å². The summed E-state index contributed by atoms with van der Waals surface area (Å²) in [6.45, 7) is 3.71. The largest absolute Gasteiger partial charge is 0.480 e. The molecule has 59 heavy (non-hydrogen) atoms. The Morgan fingerprint density at radius 2 is 1.58 bits per heavy atom. The SMILES string of the molecule is CCOP(=O)(OCC)OCCc1ccc(OC(=O)c2ccccc2OC(=O)CC[C@H](NC(=O)c2ccc(NC(=O)c3cnc4[nH]c(N)nc(=O)c4n3)cc2)C(=O)O)cc1. The highest BCUT2D eigenvalue weighted by molar-refractivity contribution is 7.48. The molecule has 2 heterocycles. The number of aromatic amines is 1. The number of phosphoric ester groups is 1. The Morgan fingerprint density at radius 3 is 2.25 bits per heavy atom. The molecule has 5 aromatic rings. The van der Waals surface area contributed by atoms with Gasteiger partial charge in [0.2, 0.25) is 5.95 Å². The van der Waals surface area contributed by atoms with Gasteiger partial charge in [-0.15, -0.1) is 0 Å². The van der Waals surface area contributed by atoms with Gasteiger partial charge in [0.05, 0.1) is 26.0 Å². The van der Waals surface area contributed by atoms with Crippen molar-refractivity contribution < 1.29 is 56.7 Å². The molecule has 0 saturated carbocycles. The maximum Gasteiger partial charge on any atom is 0.474 e. The number of nitrogen functional groups attached to an aromatic ring is 1. The number of carbonyl (C=O) groups excluding carboxylic acids is 4. The number of carboxylic acids is 1. The fourth-order valence-corrected chi connectivity index (χ4v) is 6.37. The lowest BCUT2D eigenvalue weighted by atomic mass is 10.1. The van der Waals surface area contributed by atoms with E-state index < -0.39 is 55.6 Å². The third-order valence-electron chi connectivity index (χ3n) is 8.00. The fourth-order valence-electron chi connectivity index (χ4n) is 5.20. The van der Waals surface area contributed by atoms with Crippen molar-refractivity contribution in [2.45, 2.75) is 39.2 Å². The number of para-hydroxylation sites is 1. The number of esters is 2. The second-order valence-electron chi connectivity index (χ2n) is 12.2. The predicted molar refractivity (Wildman–Crippen MR) is 209 cm³/mol. The van der Waals surface area contributed by atoms with Crippen LogP contribution in [-0.2, 0) is 34.1 Å². The molecule has 0 aliphatic rings. The number of nitrogens with zero attached hydrogens (tertiary/aromatic N) is 3. The third-order valence-corrected chi connectivity index (χ3v) is 9.65. The molecular formula is C38H38N7O13P. The summed E-state index contributed by atoms with van der Waals surface area (Å²) in [6.07, 6.45) is 0.686. The quantitative estimate of drug-likeness (QED) is 0.0445. The first-order chi connectivity index (χ1) is 28.3. The smallest absolute Gasteiger partial charge is 0.474 e. The molecule has 0 aliphatic carbocycles. The van der Waals surface area contributed by atoms with E-state index in [1.165, 1.54) is 48.5 Å². The normalized spacial score (nSPS) is 11.7. The van der Waals surface area contributed by atoms with Gasteiger partial charge in [-0.05, 0) is 80.8 Å². The number of aliphatic carboxylic acids is 1. The van der Waals surface area contributed by atoms with Crippen molar-refractivity contribution in [1.82, 2.24) is 25.3 Å². The topological polar surface area (TPSA) is 290 Å². The van der Waals surface area contributed by atoms with Gasteiger partial charge >= 0.3 is 31.3 Å². The highest BCUT2D eigenvalue weighted by Gasteiger charge is 2.26. The number of fused-ring (bicyclic) bond motifs is 1. The number of anilines is 2. The maximum absolute atomic E-state index is 13.1. The van der Waals surface area contributed by atoms with Crippen molar-refractivity contribution in [1.29, 1.82) is 0 Å². The van der Waals surface area contributed by atoms with Crippen LogP contribution >= 0.6 is 7.82 Å². The van der Waals surface area contributed by atoms with E-state index in [2.05, 4.69) is 30.6 Å². The standard InChI is InChI=1S/C38H38N7O13P/c1-3-54-59(53,55-4-2)56-20-19-22-9-15-25(16-10-22)57-37(52)26-7-5-6-8-29(26)58-30(46)18-17-27(36(50)51)43-33(47)23-11-13-24(14-12-23)41-34(48)28-21-40-32-31(42-28)35(49)45-38(39)44-32/h5-16,21,27H,3-4,17-20H2,1-2H3,(H,41,48)(H,43,47)(H,50,51)(H3,39,40,44,45,49)/t27-/m0/s1. The lowest BCUT2D eigenvalue weighted by molar-refractivity contribution is -0.140. The Balaban J connectivity index is 1.11. The van der Waals surface area contributed by atoms with Gasteiger partial charge in [0.1, 0.15) is 28.8 Å². The Bertz CT molecular complexity index is 2430. The van der Waals surface area contributed by atoms with Crippen LogP contribution in [0.4, 0.5) is 11.6 Å². The Kier molecular flexibility index (Phi) is 14.7. The second kappa shape index (κ2) is 20.0. The predicted octanol–water partition coefficient (Wildman–Crippen LogP) is 4.08. The van der Waals surface area contributed by atoms with Crippen LogP contribution in [0.2, 0.25) is 0 Å². The number of H-pyrrole nitrogens is 1. The molecule has 2 aromatic heterocycles. The van der Waals surface area contributed by atoms with Crippen molar-refractivity contribution in [3.05, 3.63) is 112 Å². The van der Waals surface area contributed by atoms with Gasteiger partial charge in [-0.1, -0.05) is 24.3 Å². The van der Waals surface area contributed by atoms with E-state index in [1.807, 2.05) is 0 Å². The zero-order chi connectivity index (χ0) is 42.5. The minimum absolute atomic E-state index is 0.0418. The number of hydrogen-bond donors (Lipinski definition) is 5. The van der Waals surface area contributed by atoms with E-state index in [0.717, 1.165) is 11.8 Å². The molecule has 0 fully saturated rings. The number of carboxylic acid groups (broad SMARTS) is 1. The number of ether oxygens (including phenoxy) is 2. The van der Waals surface area contributed by atoms with Gasteiger partial charge in [-0.3, -0.25) is 32.7 Å². The van der Waals surface area contributed by atoms with Gasteiger partial charge in [-0.25, -0.2) is 24.1 Å². The van der Waals surface area contributed by atoms with Crippen LogP contribution in [0.25, 0.3) is 11.2 Å². The molecule has 1 atom stereocenters. The van der Waals surface area contributed by atoms with Gasteiger partial charge < -0.3 is 35.9 Å². The number of rotatable bonds is 19. The summed E-state index contributed by atoms with van der Waals surface area (Å²) in [7, 11) is -3.65. The van der Waals surface area contributed by atoms with Crippen LogP contribution in [0, 0.1) is 0 Å². The molecule has 5 rings (SSSR count). The lowest BCUT2D eigenvalue weighted by Gasteiger charge is -2.16. The Morgan fingerprint density at radius 1 is 0.881 bits per heavy atom. The summed E-state index contributed by atoms with van der Waals surface area (Å²) in [5.41, 5.74) is 5.38. The molecule has 3 aromatic carbocycles. The van der Waals surface area contributed by atoms with Crippen molar-refractivity contribution in [3.8, 4) is 11.5 Å². The zero-order valence-electron chi connectivity index (χ0n) is 31.5. The van der Waals surface area contributed by atoms with Crippen LogP contribution in [0.1, 0.15) is 63.5 Å².